The second kappa shape index (κ2) is 8.02. The molecule has 2 atom stereocenters. The molecule has 7 nitrogen and oxygen atoms in total. The number of fused-ring (bicyclic) bond motifs is 1. The van der Waals surface area contributed by atoms with Crippen molar-refractivity contribution in [1.29, 1.82) is 0 Å². The number of aromatic nitrogens is 4. The second-order valence-corrected chi connectivity index (χ2v) is 7.64. The highest BCUT2D eigenvalue weighted by Gasteiger charge is 2.26. The first-order valence-electron chi connectivity index (χ1n) is 9.96. The van der Waals surface area contributed by atoms with E-state index in [2.05, 4.69) is 20.5 Å². The van der Waals surface area contributed by atoms with Gasteiger partial charge in [-0.15, -0.1) is 0 Å². The maximum atomic E-state index is 13.2. The number of imidazole rings is 1. The van der Waals surface area contributed by atoms with Crippen LogP contribution in [-0.2, 0) is 11.2 Å². The quantitative estimate of drug-likeness (QED) is 0.393. The molecular weight excluding hydrogens is 378 g/mol. The molecule has 154 valence electrons. The number of hydrogen-bond donors (Lipinski definition) is 4. The third-order valence-corrected chi connectivity index (χ3v) is 5.44. The number of hydrogen-bond acceptors (Lipinski definition) is 4. The fourth-order valence-electron chi connectivity index (χ4n) is 3.85. The summed E-state index contributed by atoms with van der Waals surface area (Å²) >= 11 is 0. The van der Waals surface area contributed by atoms with Gasteiger partial charge in [0.1, 0.15) is 11.6 Å². The van der Waals surface area contributed by atoms with Crippen LogP contribution in [-0.4, -0.2) is 31.2 Å². The Morgan fingerprint density at radius 2 is 1.87 bits per heavy atom. The molecule has 0 unspecified atom stereocenters. The van der Waals surface area contributed by atoms with Gasteiger partial charge in [0, 0.05) is 11.3 Å². The van der Waals surface area contributed by atoms with Crippen LogP contribution in [0.4, 0.5) is 0 Å². The molecule has 0 fully saturated rings. The van der Waals surface area contributed by atoms with Crippen molar-refractivity contribution >= 4 is 16.9 Å². The van der Waals surface area contributed by atoms with Crippen molar-refractivity contribution in [1.82, 2.24) is 25.5 Å². The van der Waals surface area contributed by atoms with Gasteiger partial charge in [-0.05, 0) is 57.0 Å². The number of phenolic OH excluding ortho intramolecular Hbond substituents is 1. The Morgan fingerprint density at radius 3 is 2.53 bits per heavy atom. The first-order chi connectivity index (χ1) is 14.4. The molecule has 0 radical (unpaired) electrons. The Bertz CT molecular complexity index is 1120. The highest BCUT2D eigenvalue weighted by molar-refractivity contribution is 5.84. The molecule has 0 saturated heterocycles. The summed E-state index contributed by atoms with van der Waals surface area (Å²) in [6.07, 6.45) is 0.544. The Balaban J connectivity index is 1.64. The van der Waals surface area contributed by atoms with Crippen LogP contribution in [0.2, 0.25) is 0 Å². The molecule has 1 amide bonds. The zero-order valence-corrected chi connectivity index (χ0v) is 17.2. The van der Waals surface area contributed by atoms with Crippen LogP contribution in [0.1, 0.15) is 47.2 Å². The minimum atomic E-state index is -0.351. The number of aromatic amines is 2. The molecule has 0 spiro atoms. The molecule has 4 rings (SSSR count). The van der Waals surface area contributed by atoms with E-state index in [0.717, 1.165) is 33.5 Å². The van der Waals surface area contributed by atoms with Crippen LogP contribution >= 0.6 is 0 Å². The van der Waals surface area contributed by atoms with Crippen molar-refractivity contribution in [2.75, 3.05) is 0 Å². The highest BCUT2D eigenvalue weighted by Crippen LogP contribution is 2.25. The fraction of sp³-hybridized carbons (Fsp3) is 0.261. The van der Waals surface area contributed by atoms with Gasteiger partial charge in [-0.1, -0.05) is 24.3 Å². The number of carbonyl (C=O) groups is 1. The van der Waals surface area contributed by atoms with E-state index in [0.29, 0.717) is 12.2 Å². The number of rotatable bonds is 6. The second-order valence-electron chi connectivity index (χ2n) is 7.64. The molecule has 0 bridgehead atoms. The molecule has 2 heterocycles. The maximum absolute atomic E-state index is 13.2. The predicted molar refractivity (Wildman–Crippen MR) is 115 cm³/mol. The number of para-hydroxylation sites is 2. The Labute approximate surface area is 174 Å². The van der Waals surface area contributed by atoms with Gasteiger partial charge in [-0.25, -0.2) is 4.98 Å². The molecule has 4 aromatic rings. The fourth-order valence-corrected chi connectivity index (χ4v) is 3.85. The van der Waals surface area contributed by atoms with E-state index in [4.69, 9.17) is 4.98 Å². The van der Waals surface area contributed by atoms with Crippen LogP contribution in [0.5, 0.6) is 5.75 Å². The van der Waals surface area contributed by atoms with Gasteiger partial charge in [-0.3, -0.25) is 9.89 Å². The molecule has 7 heteroatoms. The lowest BCUT2D eigenvalue weighted by Gasteiger charge is -2.20. The summed E-state index contributed by atoms with van der Waals surface area (Å²) < 4.78 is 0. The normalized spacial score (nSPS) is 13.3. The number of nitrogens with zero attached hydrogens (tertiary/aromatic N) is 2. The summed E-state index contributed by atoms with van der Waals surface area (Å²) in [6.45, 7) is 5.71. The number of phenols is 1. The zero-order valence-electron chi connectivity index (χ0n) is 17.2. The molecular formula is C23H25N5O2. The number of carbonyl (C=O) groups excluding carboxylic acids is 1. The van der Waals surface area contributed by atoms with E-state index in [-0.39, 0.29) is 23.6 Å². The summed E-state index contributed by atoms with van der Waals surface area (Å²) in [6, 6.07) is 14.4. The van der Waals surface area contributed by atoms with Crippen molar-refractivity contribution in [2.45, 2.75) is 39.2 Å². The first kappa shape index (κ1) is 19.7. The number of aromatic hydroxyl groups is 1. The van der Waals surface area contributed by atoms with Crippen molar-refractivity contribution in [3.63, 3.8) is 0 Å². The monoisotopic (exact) mass is 403 g/mol. The summed E-state index contributed by atoms with van der Waals surface area (Å²) in [5.74, 6) is 0.468. The first-order valence-corrected chi connectivity index (χ1v) is 9.96. The molecule has 0 saturated carbocycles. The van der Waals surface area contributed by atoms with Gasteiger partial charge in [0.05, 0.1) is 28.7 Å². The Morgan fingerprint density at radius 1 is 1.13 bits per heavy atom. The van der Waals surface area contributed by atoms with E-state index in [1.165, 1.54) is 0 Å². The van der Waals surface area contributed by atoms with E-state index in [1.807, 2.05) is 57.2 Å². The molecule has 4 N–H and O–H groups in total. The van der Waals surface area contributed by atoms with Crippen LogP contribution in [0.3, 0.4) is 0 Å². The maximum Gasteiger partial charge on any atom is 0.227 e. The molecule has 2 aromatic heterocycles. The summed E-state index contributed by atoms with van der Waals surface area (Å²) in [4.78, 5) is 21.2. The number of aryl methyl sites for hydroxylation is 2. The number of nitrogens with one attached hydrogen (secondary N) is 3. The smallest absolute Gasteiger partial charge is 0.227 e. The lowest BCUT2D eigenvalue weighted by atomic mass is 9.97. The van der Waals surface area contributed by atoms with Crippen molar-refractivity contribution in [2.24, 2.45) is 0 Å². The highest BCUT2D eigenvalue weighted by atomic mass is 16.3. The third-order valence-electron chi connectivity index (χ3n) is 5.44. The standard InChI is InChI=1S/C23H25N5O2/c1-13(21-14(2)27-28-15(21)3)23(30)26-20(12-16-8-10-17(29)11-9-16)22-24-18-6-4-5-7-19(18)25-22/h4-11,13,20,29H,12H2,1-3H3,(H,24,25)(H,26,30)(H,27,28)/t13-,20+/m0/s1. The Kier molecular flexibility index (Phi) is 5.27. The number of amides is 1. The molecule has 30 heavy (non-hydrogen) atoms. The predicted octanol–water partition coefficient (Wildman–Crippen LogP) is 3.81. The summed E-state index contributed by atoms with van der Waals surface area (Å²) in [5.41, 5.74) is 5.41. The molecule has 0 aliphatic heterocycles. The third kappa shape index (κ3) is 3.91. The van der Waals surface area contributed by atoms with E-state index < -0.39 is 0 Å². The number of H-pyrrole nitrogens is 2. The average Bonchev–Trinajstić information content (AvgIpc) is 3.31. The van der Waals surface area contributed by atoms with Crippen LogP contribution < -0.4 is 5.32 Å². The van der Waals surface area contributed by atoms with Gasteiger partial charge in [-0.2, -0.15) is 5.10 Å². The van der Waals surface area contributed by atoms with Gasteiger partial charge in [0.15, 0.2) is 0 Å². The topological polar surface area (TPSA) is 107 Å². The largest absolute Gasteiger partial charge is 0.508 e. The van der Waals surface area contributed by atoms with Gasteiger partial charge < -0.3 is 15.4 Å². The molecule has 0 aliphatic rings. The lowest BCUT2D eigenvalue weighted by Crippen LogP contribution is -2.34. The van der Waals surface area contributed by atoms with E-state index in [9.17, 15) is 9.90 Å². The van der Waals surface area contributed by atoms with Crippen molar-refractivity contribution in [3.05, 3.63) is 76.9 Å². The molecule has 0 aliphatic carbocycles. The van der Waals surface area contributed by atoms with Crippen LogP contribution in [0, 0.1) is 13.8 Å². The summed E-state index contributed by atoms with van der Waals surface area (Å²) in [5, 5.41) is 19.9. The molecule has 2 aromatic carbocycles. The Hall–Kier alpha value is -3.61. The van der Waals surface area contributed by atoms with Crippen molar-refractivity contribution < 1.29 is 9.90 Å². The lowest BCUT2D eigenvalue weighted by molar-refractivity contribution is -0.123. The van der Waals surface area contributed by atoms with Gasteiger partial charge >= 0.3 is 0 Å². The van der Waals surface area contributed by atoms with Crippen LogP contribution in [0.15, 0.2) is 48.5 Å². The van der Waals surface area contributed by atoms with Gasteiger partial charge in [0.25, 0.3) is 0 Å². The zero-order chi connectivity index (χ0) is 21.3. The minimum Gasteiger partial charge on any atom is -0.508 e. The number of benzene rings is 2. The average molecular weight is 403 g/mol. The van der Waals surface area contributed by atoms with Gasteiger partial charge in [0.2, 0.25) is 5.91 Å². The van der Waals surface area contributed by atoms with E-state index >= 15 is 0 Å². The SMILES string of the molecule is Cc1n[nH]c(C)c1[C@H](C)C(=O)N[C@H](Cc1ccc(O)cc1)c1nc2ccccc2[nH]1. The van der Waals surface area contributed by atoms with E-state index in [1.54, 1.807) is 12.1 Å². The van der Waals surface area contributed by atoms with Crippen LogP contribution in [0.25, 0.3) is 11.0 Å². The minimum absolute atomic E-state index is 0.0909. The summed E-state index contributed by atoms with van der Waals surface area (Å²) in [7, 11) is 0. The van der Waals surface area contributed by atoms with Crippen molar-refractivity contribution in [3.8, 4) is 5.75 Å².